The molecule has 3 aromatic carbocycles. The van der Waals surface area contributed by atoms with Crippen molar-refractivity contribution in [2.45, 2.75) is 13.8 Å². The van der Waals surface area contributed by atoms with Crippen molar-refractivity contribution >= 4 is 80.7 Å². The number of anilines is 1. The molecule has 1 heterocycles. The summed E-state index contributed by atoms with van der Waals surface area (Å²) in [5, 5.41) is 4.70. The summed E-state index contributed by atoms with van der Waals surface area (Å²) >= 11 is 31.1. The topological polar surface area (TPSA) is 64.4 Å². The van der Waals surface area contributed by atoms with E-state index in [9.17, 15) is 4.79 Å². The summed E-state index contributed by atoms with van der Waals surface area (Å²) in [4.78, 5) is 16.9. The number of halogens is 5. The highest BCUT2D eigenvalue weighted by Gasteiger charge is 2.19. The lowest BCUT2D eigenvalue weighted by Gasteiger charge is -2.15. The second-order valence-corrected chi connectivity index (χ2v) is 9.16. The summed E-state index contributed by atoms with van der Waals surface area (Å²) in [5.74, 6) is 0.123. The van der Waals surface area contributed by atoms with E-state index in [-0.39, 0.29) is 22.4 Å². The van der Waals surface area contributed by atoms with E-state index >= 15 is 0 Å². The first-order chi connectivity index (χ1) is 15.7. The highest BCUT2D eigenvalue weighted by Crippen LogP contribution is 2.42. The summed E-state index contributed by atoms with van der Waals surface area (Å²) in [6.07, 6.45) is 0. The van der Waals surface area contributed by atoms with Crippen LogP contribution >= 0.6 is 58.0 Å². The number of rotatable bonds is 5. The van der Waals surface area contributed by atoms with Gasteiger partial charge in [-0.3, -0.25) is 4.79 Å². The minimum absolute atomic E-state index is 0.211. The third kappa shape index (κ3) is 4.88. The molecule has 4 aromatic rings. The summed E-state index contributed by atoms with van der Waals surface area (Å²) in [6.45, 7) is 3.19. The molecule has 0 aliphatic heterocycles. The van der Waals surface area contributed by atoms with Crippen LogP contribution in [0, 0.1) is 13.8 Å². The molecule has 4 rings (SSSR count). The number of hydrogen-bond donors (Lipinski definition) is 1. The number of nitrogens with one attached hydrogen (secondary N) is 1. The molecule has 1 N–H and O–H groups in total. The van der Waals surface area contributed by atoms with Crippen molar-refractivity contribution in [3.63, 3.8) is 0 Å². The third-order valence-corrected chi connectivity index (χ3v) is 6.94. The van der Waals surface area contributed by atoms with Gasteiger partial charge >= 0.3 is 0 Å². The lowest BCUT2D eigenvalue weighted by Crippen LogP contribution is -2.20. The number of nitrogens with zero attached hydrogens (tertiary/aromatic N) is 1. The molecule has 0 radical (unpaired) electrons. The van der Waals surface area contributed by atoms with Gasteiger partial charge in [-0.1, -0.05) is 58.0 Å². The Morgan fingerprint density at radius 3 is 2.36 bits per heavy atom. The van der Waals surface area contributed by atoms with Crippen LogP contribution in [-0.4, -0.2) is 17.5 Å². The number of fused-ring (bicyclic) bond motifs is 1. The lowest BCUT2D eigenvalue weighted by atomic mass is 10.1. The minimum Gasteiger partial charge on any atom is -0.481 e. The van der Waals surface area contributed by atoms with Crippen molar-refractivity contribution in [2.75, 3.05) is 11.9 Å². The number of carbonyl (C=O) groups excluding carboxylic acids is 1. The molecule has 1 aromatic heterocycles. The molecule has 5 nitrogen and oxygen atoms in total. The van der Waals surface area contributed by atoms with Crippen LogP contribution in [0.3, 0.4) is 0 Å². The maximum absolute atomic E-state index is 12.5. The Kier molecular flexibility index (Phi) is 6.99. The van der Waals surface area contributed by atoms with Crippen molar-refractivity contribution < 1.29 is 13.9 Å². The van der Waals surface area contributed by atoms with Gasteiger partial charge in [-0.2, -0.15) is 0 Å². The number of oxazole rings is 1. The molecule has 0 saturated heterocycles. The van der Waals surface area contributed by atoms with Gasteiger partial charge < -0.3 is 14.5 Å². The van der Waals surface area contributed by atoms with Crippen LogP contribution in [0.15, 0.2) is 40.8 Å². The molecular weight excluding hydrogens is 530 g/mol. The molecule has 170 valence electrons. The molecule has 0 spiro atoms. The standard InChI is InChI=1S/C23H15Cl5N2O3/c1-10-19(26)11(2)21(28)22(20(10)27)32-9-18(31)29-13-4-6-17-16(8-13)30-23(33-17)14-7-12(24)3-5-15(14)25/h3-8H,9H2,1-2H3,(H,29,31). The quantitative estimate of drug-likeness (QED) is 0.274. The molecular formula is C23H15Cl5N2O3. The lowest BCUT2D eigenvalue weighted by molar-refractivity contribution is -0.118. The van der Waals surface area contributed by atoms with E-state index in [4.69, 9.17) is 67.2 Å². The summed E-state index contributed by atoms with van der Waals surface area (Å²) < 4.78 is 11.4. The van der Waals surface area contributed by atoms with Crippen LogP contribution in [0.2, 0.25) is 25.1 Å². The van der Waals surface area contributed by atoms with Gasteiger partial charge in [-0.05, 0) is 61.4 Å². The van der Waals surface area contributed by atoms with Crippen LogP contribution in [0.1, 0.15) is 11.1 Å². The first kappa shape index (κ1) is 24.0. The minimum atomic E-state index is -0.409. The summed E-state index contributed by atoms with van der Waals surface area (Å²) in [5.41, 5.74) is 3.40. The number of amides is 1. The Hall–Kier alpha value is -2.15. The second kappa shape index (κ2) is 9.61. The number of carbonyl (C=O) groups is 1. The van der Waals surface area contributed by atoms with Crippen LogP contribution in [0.4, 0.5) is 5.69 Å². The van der Waals surface area contributed by atoms with Gasteiger partial charge in [0.2, 0.25) is 5.89 Å². The van der Waals surface area contributed by atoms with Crippen LogP contribution in [0.5, 0.6) is 5.75 Å². The van der Waals surface area contributed by atoms with Crippen LogP contribution in [-0.2, 0) is 4.79 Å². The SMILES string of the molecule is Cc1c(Cl)c(C)c(Cl)c(OCC(=O)Nc2ccc3oc(-c4cc(Cl)ccc4Cl)nc3c2)c1Cl. The predicted octanol–water partition coefficient (Wildman–Crippen LogP) is 8.40. The maximum atomic E-state index is 12.5. The van der Waals surface area contributed by atoms with Crippen LogP contribution in [0.25, 0.3) is 22.6 Å². The van der Waals surface area contributed by atoms with E-state index in [1.807, 2.05) is 0 Å². The molecule has 1 amide bonds. The largest absolute Gasteiger partial charge is 0.481 e. The van der Waals surface area contributed by atoms with Crippen molar-refractivity contribution in [3.8, 4) is 17.2 Å². The first-order valence-corrected chi connectivity index (χ1v) is 11.5. The average Bonchev–Trinajstić information content (AvgIpc) is 3.21. The highest BCUT2D eigenvalue weighted by molar-refractivity contribution is 6.42. The van der Waals surface area contributed by atoms with E-state index in [1.54, 1.807) is 50.2 Å². The molecule has 0 saturated carbocycles. The smallest absolute Gasteiger partial charge is 0.262 e. The number of benzene rings is 3. The molecule has 33 heavy (non-hydrogen) atoms. The zero-order chi connectivity index (χ0) is 23.9. The normalized spacial score (nSPS) is 11.1. The maximum Gasteiger partial charge on any atom is 0.262 e. The van der Waals surface area contributed by atoms with E-state index in [0.29, 0.717) is 54.4 Å². The van der Waals surface area contributed by atoms with Gasteiger partial charge in [-0.15, -0.1) is 0 Å². The van der Waals surface area contributed by atoms with Crippen molar-refractivity contribution in [1.82, 2.24) is 4.98 Å². The van der Waals surface area contributed by atoms with E-state index in [1.165, 1.54) is 0 Å². The monoisotopic (exact) mass is 542 g/mol. The Morgan fingerprint density at radius 1 is 0.970 bits per heavy atom. The van der Waals surface area contributed by atoms with E-state index < -0.39 is 5.91 Å². The fourth-order valence-electron chi connectivity index (χ4n) is 3.15. The zero-order valence-electron chi connectivity index (χ0n) is 17.2. The molecule has 0 fully saturated rings. The van der Waals surface area contributed by atoms with Gasteiger partial charge in [0.25, 0.3) is 5.91 Å². The fourth-order valence-corrected chi connectivity index (χ4v) is 4.35. The second-order valence-electron chi connectivity index (χ2n) is 7.18. The Labute approximate surface area is 214 Å². The van der Waals surface area contributed by atoms with Gasteiger partial charge in [0, 0.05) is 15.7 Å². The van der Waals surface area contributed by atoms with Crippen molar-refractivity contribution in [1.29, 1.82) is 0 Å². The van der Waals surface area contributed by atoms with Crippen molar-refractivity contribution in [2.24, 2.45) is 0 Å². The summed E-state index contributed by atoms with van der Waals surface area (Å²) in [7, 11) is 0. The fraction of sp³-hybridized carbons (Fsp3) is 0.130. The van der Waals surface area contributed by atoms with Crippen molar-refractivity contribution in [3.05, 3.63) is 72.6 Å². The first-order valence-electron chi connectivity index (χ1n) is 9.58. The van der Waals surface area contributed by atoms with E-state index in [2.05, 4.69) is 10.3 Å². The van der Waals surface area contributed by atoms with Gasteiger partial charge in [-0.25, -0.2) is 4.98 Å². The number of aromatic nitrogens is 1. The van der Waals surface area contributed by atoms with Gasteiger partial charge in [0.15, 0.2) is 17.9 Å². The Morgan fingerprint density at radius 2 is 1.67 bits per heavy atom. The molecule has 0 aliphatic carbocycles. The molecule has 0 atom stereocenters. The molecule has 0 bridgehead atoms. The number of hydrogen-bond acceptors (Lipinski definition) is 4. The Bertz CT molecular complexity index is 1370. The molecule has 0 unspecified atom stereocenters. The average molecular weight is 545 g/mol. The highest BCUT2D eigenvalue weighted by atomic mass is 35.5. The predicted molar refractivity (Wildman–Crippen MR) is 135 cm³/mol. The summed E-state index contributed by atoms with van der Waals surface area (Å²) in [6, 6.07) is 10.1. The van der Waals surface area contributed by atoms with Gasteiger partial charge in [0.1, 0.15) is 5.52 Å². The van der Waals surface area contributed by atoms with E-state index in [0.717, 1.165) is 0 Å². The number of ether oxygens (including phenoxy) is 1. The Balaban J connectivity index is 1.51. The van der Waals surface area contributed by atoms with Crippen LogP contribution < -0.4 is 10.1 Å². The molecule has 10 heteroatoms. The zero-order valence-corrected chi connectivity index (χ0v) is 21.0. The van der Waals surface area contributed by atoms with Gasteiger partial charge in [0.05, 0.1) is 20.6 Å². The molecule has 0 aliphatic rings. The third-order valence-electron chi connectivity index (χ3n) is 4.89.